The van der Waals surface area contributed by atoms with Gasteiger partial charge in [-0.1, -0.05) is 0 Å². The van der Waals surface area contributed by atoms with Crippen LogP contribution in [0.3, 0.4) is 0 Å². The smallest absolute Gasteiger partial charge is 0.242 e. The van der Waals surface area contributed by atoms with E-state index in [-0.39, 0.29) is 23.3 Å². The van der Waals surface area contributed by atoms with Crippen LogP contribution in [0.2, 0.25) is 0 Å². The Kier molecular flexibility index (Phi) is 3.38. The van der Waals surface area contributed by atoms with Crippen LogP contribution in [0.25, 0.3) is 0 Å². The van der Waals surface area contributed by atoms with Gasteiger partial charge in [-0.25, -0.2) is 0 Å². The van der Waals surface area contributed by atoms with E-state index >= 15 is 0 Å². The second kappa shape index (κ2) is 4.64. The molecule has 2 rings (SSSR count). The Balaban J connectivity index is 1.92. The van der Waals surface area contributed by atoms with Gasteiger partial charge < -0.3 is 16.0 Å². The van der Waals surface area contributed by atoms with Crippen LogP contribution >= 0.6 is 0 Å². The summed E-state index contributed by atoms with van der Waals surface area (Å²) in [6.07, 6.45) is 3.37. The average molecular weight is 239 g/mol. The molecule has 0 aromatic carbocycles. The van der Waals surface area contributed by atoms with E-state index in [1.54, 1.807) is 0 Å². The van der Waals surface area contributed by atoms with Crippen LogP contribution < -0.4 is 11.1 Å². The van der Waals surface area contributed by atoms with E-state index in [0.29, 0.717) is 25.9 Å². The van der Waals surface area contributed by atoms with Gasteiger partial charge in [-0.15, -0.1) is 0 Å². The number of nitrogens with one attached hydrogen (secondary N) is 1. The van der Waals surface area contributed by atoms with Gasteiger partial charge in [0.1, 0.15) is 0 Å². The number of nitrogens with zero attached hydrogens (tertiary/aromatic N) is 1. The van der Waals surface area contributed by atoms with Crippen LogP contribution in [0.1, 0.15) is 32.6 Å². The van der Waals surface area contributed by atoms with Gasteiger partial charge >= 0.3 is 0 Å². The fourth-order valence-electron chi connectivity index (χ4n) is 2.79. The fraction of sp³-hybridized carbons (Fsp3) is 0.833. The van der Waals surface area contributed by atoms with Gasteiger partial charge in [-0.2, -0.15) is 0 Å². The molecule has 0 radical (unpaired) electrons. The van der Waals surface area contributed by atoms with Crippen LogP contribution in [0, 0.1) is 5.92 Å². The molecule has 0 bridgehead atoms. The Labute approximate surface area is 102 Å². The molecule has 2 amide bonds. The number of piperidine rings is 1. The maximum atomic E-state index is 12.3. The molecule has 3 N–H and O–H groups in total. The predicted octanol–water partition coefficient (Wildman–Crippen LogP) is -0.148. The number of amides is 2. The van der Waals surface area contributed by atoms with E-state index in [1.165, 1.54) is 0 Å². The summed E-state index contributed by atoms with van der Waals surface area (Å²) >= 11 is 0. The molecule has 0 aromatic heterocycles. The van der Waals surface area contributed by atoms with Crippen LogP contribution in [-0.4, -0.2) is 41.9 Å². The monoisotopic (exact) mass is 239 g/mol. The van der Waals surface area contributed by atoms with Crippen molar-refractivity contribution in [3.8, 4) is 0 Å². The van der Waals surface area contributed by atoms with E-state index in [1.807, 2.05) is 11.8 Å². The average Bonchev–Trinajstić information content (AvgIpc) is 2.76. The number of primary amides is 1. The summed E-state index contributed by atoms with van der Waals surface area (Å²) in [7, 11) is 0. The van der Waals surface area contributed by atoms with Crippen molar-refractivity contribution in [3.63, 3.8) is 0 Å². The van der Waals surface area contributed by atoms with E-state index in [0.717, 1.165) is 19.4 Å². The van der Waals surface area contributed by atoms with Gasteiger partial charge in [0, 0.05) is 19.0 Å². The highest BCUT2D eigenvalue weighted by Crippen LogP contribution is 2.24. The predicted molar refractivity (Wildman–Crippen MR) is 64.1 cm³/mol. The molecule has 2 saturated heterocycles. The lowest BCUT2D eigenvalue weighted by atomic mass is 9.93. The topological polar surface area (TPSA) is 75.4 Å². The number of rotatable bonds is 2. The number of likely N-dealkylation sites (tertiary alicyclic amines) is 1. The summed E-state index contributed by atoms with van der Waals surface area (Å²) in [4.78, 5) is 25.3. The second-order valence-corrected chi connectivity index (χ2v) is 5.33. The summed E-state index contributed by atoms with van der Waals surface area (Å²) in [5.41, 5.74) is 4.89. The van der Waals surface area contributed by atoms with Crippen molar-refractivity contribution in [1.29, 1.82) is 0 Å². The first-order valence-corrected chi connectivity index (χ1v) is 6.37. The lowest BCUT2D eigenvalue weighted by Crippen LogP contribution is -2.55. The van der Waals surface area contributed by atoms with Crippen LogP contribution in [-0.2, 0) is 9.59 Å². The van der Waals surface area contributed by atoms with Crippen molar-refractivity contribution < 1.29 is 9.59 Å². The molecule has 5 nitrogen and oxygen atoms in total. The van der Waals surface area contributed by atoms with Crippen molar-refractivity contribution in [2.75, 3.05) is 19.6 Å². The highest BCUT2D eigenvalue weighted by molar-refractivity contribution is 5.86. The molecule has 5 heteroatoms. The van der Waals surface area contributed by atoms with Crippen molar-refractivity contribution in [1.82, 2.24) is 10.2 Å². The Morgan fingerprint density at radius 1 is 1.35 bits per heavy atom. The number of nitrogens with two attached hydrogens (primary N) is 1. The van der Waals surface area contributed by atoms with Crippen LogP contribution in [0.4, 0.5) is 0 Å². The third kappa shape index (κ3) is 2.44. The Morgan fingerprint density at radius 2 is 2.00 bits per heavy atom. The normalized spacial score (nSPS) is 30.5. The van der Waals surface area contributed by atoms with Crippen LogP contribution in [0.15, 0.2) is 0 Å². The Morgan fingerprint density at radius 3 is 2.47 bits per heavy atom. The number of hydrogen-bond donors (Lipinski definition) is 2. The minimum atomic E-state index is -0.389. The minimum Gasteiger partial charge on any atom is -0.369 e. The molecule has 0 aromatic rings. The maximum absolute atomic E-state index is 12.3. The summed E-state index contributed by atoms with van der Waals surface area (Å²) < 4.78 is 0. The van der Waals surface area contributed by atoms with Crippen molar-refractivity contribution in [2.24, 2.45) is 11.7 Å². The first kappa shape index (κ1) is 12.4. The third-order valence-electron chi connectivity index (χ3n) is 4.03. The molecule has 2 aliphatic heterocycles. The zero-order valence-electron chi connectivity index (χ0n) is 10.4. The van der Waals surface area contributed by atoms with E-state index in [4.69, 9.17) is 5.73 Å². The van der Waals surface area contributed by atoms with Gasteiger partial charge in [-0.05, 0) is 39.2 Å². The zero-order chi connectivity index (χ0) is 12.5. The molecule has 2 fully saturated rings. The van der Waals surface area contributed by atoms with Crippen molar-refractivity contribution >= 4 is 11.8 Å². The zero-order valence-corrected chi connectivity index (χ0v) is 10.4. The molecule has 96 valence electrons. The van der Waals surface area contributed by atoms with Crippen LogP contribution in [0.5, 0.6) is 0 Å². The van der Waals surface area contributed by atoms with E-state index < -0.39 is 0 Å². The second-order valence-electron chi connectivity index (χ2n) is 5.33. The molecule has 1 unspecified atom stereocenters. The first-order chi connectivity index (χ1) is 8.03. The highest BCUT2D eigenvalue weighted by atomic mass is 16.2. The first-order valence-electron chi connectivity index (χ1n) is 6.37. The molecule has 0 spiro atoms. The summed E-state index contributed by atoms with van der Waals surface area (Å²) in [6, 6.07) is 0. The molecular weight excluding hydrogens is 218 g/mol. The number of carbonyl (C=O) groups is 2. The van der Waals surface area contributed by atoms with Gasteiger partial charge in [0.2, 0.25) is 11.8 Å². The molecular formula is C12H21N3O2. The molecule has 0 aliphatic carbocycles. The molecule has 1 atom stereocenters. The number of hydrogen-bond acceptors (Lipinski definition) is 3. The summed E-state index contributed by atoms with van der Waals surface area (Å²) in [5.74, 6) is -0.108. The molecule has 2 aliphatic rings. The third-order valence-corrected chi connectivity index (χ3v) is 4.03. The van der Waals surface area contributed by atoms with Crippen molar-refractivity contribution in [2.45, 2.75) is 38.1 Å². The van der Waals surface area contributed by atoms with Gasteiger partial charge in [0.05, 0.1) is 5.54 Å². The van der Waals surface area contributed by atoms with Gasteiger partial charge in [0.25, 0.3) is 0 Å². The molecule has 17 heavy (non-hydrogen) atoms. The standard InChI is InChI=1S/C12H21N3O2/c1-12(5-2-6-14-12)11(17)15-7-3-9(4-8-15)10(13)16/h9,14H,2-8H2,1H3,(H2,13,16). The fourth-order valence-corrected chi connectivity index (χ4v) is 2.79. The maximum Gasteiger partial charge on any atom is 0.242 e. The van der Waals surface area contributed by atoms with Gasteiger partial charge in [-0.3, -0.25) is 9.59 Å². The summed E-state index contributed by atoms with van der Waals surface area (Å²) in [6.45, 7) is 4.20. The quantitative estimate of drug-likeness (QED) is 0.704. The highest BCUT2D eigenvalue weighted by Gasteiger charge is 2.40. The Bertz CT molecular complexity index is 316. The lowest BCUT2D eigenvalue weighted by molar-refractivity contribution is -0.140. The molecule has 0 saturated carbocycles. The minimum absolute atomic E-state index is 0.0524. The van der Waals surface area contributed by atoms with E-state index in [2.05, 4.69) is 5.32 Å². The lowest BCUT2D eigenvalue weighted by Gasteiger charge is -2.36. The van der Waals surface area contributed by atoms with E-state index in [9.17, 15) is 9.59 Å². The SMILES string of the molecule is CC1(C(=O)N2CCC(C(N)=O)CC2)CCCN1. The largest absolute Gasteiger partial charge is 0.369 e. The van der Waals surface area contributed by atoms with Crippen molar-refractivity contribution in [3.05, 3.63) is 0 Å². The van der Waals surface area contributed by atoms with Gasteiger partial charge in [0.15, 0.2) is 0 Å². The summed E-state index contributed by atoms with van der Waals surface area (Å²) in [5, 5.41) is 3.28. The Hall–Kier alpha value is -1.10. The number of carbonyl (C=O) groups excluding carboxylic acids is 2. The molecule has 2 heterocycles.